The third kappa shape index (κ3) is 5.57. The highest BCUT2D eigenvalue weighted by Gasteiger charge is 2.27. The Morgan fingerprint density at radius 1 is 1.21 bits per heavy atom. The number of benzene rings is 1. The Labute approximate surface area is 171 Å². The van der Waals surface area contributed by atoms with Crippen LogP contribution in [0.25, 0.3) is 0 Å². The molecule has 1 aromatic heterocycles. The maximum atomic E-state index is 13.2. The molecular formula is C21H29N5O3. The summed E-state index contributed by atoms with van der Waals surface area (Å²) in [6.45, 7) is 7.07. The van der Waals surface area contributed by atoms with Crippen LogP contribution >= 0.6 is 0 Å². The average molecular weight is 399 g/mol. The number of guanidine groups is 1. The number of amides is 1. The molecular weight excluding hydrogens is 370 g/mol. The molecule has 1 aliphatic heterocycles. The second kappa shape index (κ2) is 10.1. The number of nitrogens with one attached hydrogen (secondary N) is 2. The van der Waals surface area contributed by atoms with Crippen molar-refractivity contribution in [3.05, 3.63) is 53.2 Å². The lowest BCUT2D eigenvalue weighted by Crippen LogP contribution is -2.47. The summed E-state index contributed by atoms with van der Waals surface area (Å²) in [5.74, 6) is 1.80. The van der Waals surface area contributed by atoms with Crippen LogP contribution < -0.4 is 10.6 Å². The highest BCUT2D eigenvalue weighted by atomic mass is 16.5. The van der Waals surface area contributed by atoms with E-state index in [0.717, 1.165) is 17.0 Å². The molecule has 0 radical (unpaired) electrons. The zero-order valence-corrected chi connectivity index (χ0v) is 17.3. The highest BCUT2D eigenvalue weighted by molar-refractivity contribution is 5.86. The van der Waals surface area contributed by atoms with Crippen LogP contribution in [0, 0.1) is 13.8 Å². The Kier molecular flexibility index (Phi) is 7.24. The predicted octanol–water partition coefficient (Wildman–Crippen LogP) is 1.60. The lowest BCUT2D eigenvalue weighted by Gasteiger charge is -2.31. The Bertz CT molecular complexity index is 809. The summed E-state index contributed by atoms with van der Waals surface area (Å²) in [5, 5.41) is 6.46. The minimum Gasteiger partial charge on any atom is -0.444 e. The maximum absolute atomic E-state index is 13.2. The van der Waals surface area contributed by atoms with E-state index in [1.165, 1.54) is 0 Å². The number of carbonyl (C=O) groups is 1. The summed E-state index contributed by atoms with van der Waals surface area (Å²) in [7, 11) is 1.70. The first kappa shape index (κ1) is 20.9. The summed E-state index contributed by atoms with van der Waals surface area (Å²) in [5.41, 5.74) is 1.86. The summed E-state index contributed by atoms with van der Waals surface area (Å²) < 4.78 is 11.0. The molecule has 1 saturated heterocycles. The molecule has 1 fully saturated rings. The van der Waals surface area contributed by atoms with Crippen molar-refractivity contribution in [2.75, 3.05) is 39.9 Å². The number of aliphatic imine (C=N–C) groups is 1. The van der Waals surface area contributed by atoms with Crippen LogP contribution in [0.3, 0.4) is 0 Å². The van der Waals surface area contributed by atoms with Crippen LogP contribution in [-0.4, -0.2) is 61.6 Å². The molecule has 1 unspecified atom stereocenters. The third-order valence-electron chi connectivity index (χ3n) is 5.00. The van der Waals surface area contributed by atoms with Gasteiger partial charge in [-0.25, -0.2) is 4.98 Å². The molecule has 2 aromatic rings. The fourth-order valence-electron chi connectivity index (χ4n) is 3.23. The number of morpholine rings is 1. The van der Waals surface area contributed by atoms with Crippen molar-refractivity contribution in [2.45, 2.75) is 26.3 Å². The first-order valence-corrected chi connectivity index (χ1v) is 9.87. The van der Waals surface area contributed by atoms with E-state index < -0.39 is 0 Å². The van der Waals surface area contributed by atoms with Gasteiger partial charge in [0.15, 0.2) is 5.96 Å². The van der Waals surface area contributed by atoms with Gasteiger partial charge in [0.05, 0.1) is 31.4 Å². The number of rotatable bonds is 6. The van der Waals surface area contributed by atoms with Crippen LogP contribution in [-0.2, 0) is 16.1 Å². The molecule has 0 spiro atoms. The van der Waals surface area contributed by atoms with Crippen molar-refractivity contribution in [3.63, 3.8) is 0 Å². The fourth-order valence-corrected chi connectivity index (χ4v) is 3.23. The van der Waals surface area contributed by atoms with E-state index in [0.29, 0.717) is 51.2 Å². The number of carbonyl (C=O) groups excluding carboxylic acids is 1. The van der Waals surface area contributed by atoms with Gasteiger partial charge in [-0.05, 0) is 19.4 Å². The molecule has 1 aliphatic rings. The number of oxazole rings is 1. The van der Waals surface area contributed by atoms with Crippen LogP contribution in [0.2, 0.25) is 0 Å². The van der Waals surface area contributed by atoms with E-state index in [9.17, 15) is 4.79 Å². The van der Waals surface area contributed by atoms with Crippen molar-refractivity contribution in [2.24, 2.45) is 4.99 Å². The van der Waals surface area contributed by atoms with E-state index in [4.69, 9.17) is 9.15 Å². The molecule has 1 atom stereocenters. The average Bonchev–Trinajstić information content (AvgIpc) is 3.09. The predicted molar refractivity (Wildman–Crippen MR) is 111 cm³/mol. The maximum Gasteiger partial charge on any atom is 0.232 e. The molecule has 1 amide bonds. The van der Waals surface area contributed by atoms with Crippen LogP contribution in [0.1, 0.15) is 28.8 Å². The van der Waals surface area contributed by atoms with E-state index in [1.54, 1.807) is 7.05 Å². The van der Waals surface area contributed by atoms with Gasteiger partial charge in [-0.3, -0.25) is 9.79 Å². The van der Waals surface area contributed by atoms with Crippen LogP contribution in [0.5, 0.6) is 0 Å². The van der Waals surface area contributed by atoms with Gasteiger partial charge in [-0.2, -0.15) is 0 Å². The molecule has 8 nitrogen and oxygen atoms in total. The van der Waals surface area contributed by atoms with Gasteiger partial charge < -0.3 is 24.7 Å². The minimum absolute atomic E-state index is 0.0985. The first-order chi connectivity index (χ1) is 14.1. The molecule has 3 rings (SSSR count). The van der Waals surface area contributed by atoms with Gasteiger partial charge >= 0.3 is 0 Å². The van der Waals surface area contributed by atoms with E-state index in [-0.39, 0.29) is 11.8 Å². The Hall–Kier alpha value is -2.87. The minimum atomic E-state index is -0.306. The molecule has 1 aromatic carbocycles. The Balaban J connectivity index is 1.64. The van der Waals surface area contributed by atoms with Gasteiger partial charge in [0.2, 0.25) is 11.8 Å². The van der Waals surface area contributed by atoms with Crippen molar-refractivity contribution in [1.29, 1.82) is 0 Å². The lowest BCUT2D eigenvalue weighted by molar-refractivity contribution is -0.136. The summed E-state index contributed by atoms with van der Waals surface area (Å²) in [6, 6.07) is 9.83. The standard InChI is InChI=1S/C21H29N5O3/c1-15-16(2)29-19(25-15)14-24-21(22-3)23-13-18(17-7-5-4-6-8-17)20(27)26-9-11-28-12-10-26/h4-8,18H,9-14H2,1-3H3,(H2,22,23,24). The van der Waals surface area contributed by atoms with Crippen LogP contribution in [0.4, 0.5) is 0 Å². The lowest BCUT2D eigenvalue weighted by atomic mass is 9.97. The first-order valence-electron chi connectivity index (χ1n) is 9.87. The zero-order chi connectivity index (χ0) is 20.6. The van der Waals surface area contributed by atoms with Crippen molar-refractivity contribution >= 4 is 11.9 Å². The molecule has 8 heteroatoms. The Morgan fingerprint density at radius 2 is 1.93 bits per heavy atom. The number of aromatic nitrogens is 1. The summed E-state index contributed by atoms with van der Waals surface area (Å²) in [6.07, 6.45) is 0. The topological polar surface area (TPSA) is 92.0 Å². The summed E-state index contributed by atoms with van der Waals surface area (Å²) >= 11 is 0. The van der Waals surface area contributed by atoms with Gasteiger partial charge in [0.25, 0.3) is 0 Å². The number of aryl methyl sites for hydroxylation is 2. The molecule has 29 heavy (non-hydrogen) atoms. The number of nitrogens with zero attached hydrogens (tertiary/aromatic N) is 3. The smallest absolute Gasteiger partial charge is 0.232 e. The largest absolute Gasteiger partial charge is 0.444 e. The van der Waals surface area contributed by atoms with E-state index in [2.05, 4.69) is 20.6 Å². The fraction of sp³-hybridized carbons (Fsp3) is 0.476. The third-order valence-corrected chi connectivity index (χ3v) is 5.00. The second-order valence-electron chi connectivity index (χ2n) is 6.96. The normalized spacial score (nSPS) is 15.8. The number of hydrogen-bond acceptors (Lipinski definition) is 5. The van der Waals surface area contributed by atoms with Crippen molar-refractivity contribution in [1.82, 2.24) is 20.5 Å². The monoisotopic (exact) mass is 399 g/mol. The molecule has 0 aliphatic carbocycles. The van der Waals surface area contributed by atoms with Gasteiger partial charge in [0.1, 0.15) is 5.76 Å². The van der Waals surface area contributed by atoms with Gasteiger partial charge in [-0.1, -0.05) is 30.3 Å². The van der Waals surface area contributed by atoms with Crippen molar-refractivity contribution < 1.29 is 13.9 Å². The van der Waals surface area contributed by atoms with Gasteiger partial charge in [-0.15, -0.1) is 0 Å². The molecule has 0 saturated carbocycles. The molecule has 2 heterocycles. The second-order valence-corrected chi connectivity index (χ2v) is 6.96. The highest BCUT2D eigenvalue weighted by Crippen LogP contribution is 2.19. The van der Waals surface area contributed by atoms with Crippen molar-refractivity contribution in [3.8, 4) is 0 Å². The SMILES string of the molecule is CN=C(NCc1nc(C)c(C)o1)NCC(C(=O)N1CCOCC1)c1ccccc1. The van der Waals surface area contributed by atoms with Crippen LogP contribution in [0.15, 0.2) is 39.7 Å². The van der Waals surface area contributed by atoms with E-state index in [1.807, 2.05) is 49.1 Å². The molecule has 2 N–H and O–H groups in total. The zero-order valence-electron chi connectivity index (χ0n) is 17.3. The number of ether oxygens (including phenoxy) is 1. The van der Waals surface area contributed by atoms with E-state index >= 15 is 0 Å². The quantitative estimate of drug-likeness (QED) is 0.566. The number of hydrogen-bond donors (Lipinski definition) is 2. The van der Waals surface area contributed by atoms with Gasteiger partial charge in [0, 0.05) is 26.7 Å². The summed E-state index contributed by atoms with van der Waals surface area (Å²) in [4.78, 5) is 23.7. The Morgan fingerprint density at radius 3 is 2.55 bits per heavy atom. The molecule has 0 bridgehead atoms. The molecule has 156 valence electrons.